The number of nitro benzene ring substituents is 1. The molecule has 6 heteroatoms. The Labute approximate surface area is 121 Å². The zero-order chi connectivity index (χ0) is 15.4. The summed E-state index contributed by atoms with van der Waals surface area (Å²) < 4.78 is 0. The molecule has 0 atom stereocenters. The number of nitrogens with zero attached hydrogens (tertiary/aromatic N) is 1. The number of non-ortho nitro benzene ring substituents is 1. The number of nitrogens with one attached hydrogen (secondary N) is 1. The van der Waals surface area contributed by atoms with E-state index in [2.05, 4.69) is 5.32 Å². The van der Waals surface area contributed by atoms with E-state index in [0.29, 0.717) is 16.8 Å². The van der Waals surface area contributed by atoms with Crippen LogP contribution in [-0.2, 0) is 11.2 Å². The molecule has 0 heterocycles. The van der Waals surface area contributed by atoms with Crippen LogP contribution in [0.5, 0.6) is 5.75 Å². The van der Waals surface area contributed by atoms with Crippen molar-refractivity contribution >= 4 is 17.3 Å². The second-order valence-corrected chi connectivity index (χ2v) is 4.65. The van der Waals surface area contributed by atoms with Crippen molar-refractivity contribution in [2.24, 2.45) is 0 Å². The maximum absolute atomic E-state index is 11.9. The number of hydrogen-bond acceptors (Lipinski definition) is 4. The van der Waals surface area contributed by atoms with Crippen LogP contribution in [0.2, 0.25) is 0 Å². The predicted molar refractivity (Wildman–Crippen MR) is 78.3 cm³/mol. The molecule has 0 fully saturated rings. The molecule has 108 valence electrons. The third-order valence-corrected chi connectivity index (χ3v) is 2.98. The quantitative estimate of drug-likeness (QED) is 0.667. The van der Waals surface area contributed by atoms with E-state index in [-0.39, 0.29) is 23.8 Å². The third kappa shape index (κ3) is 3.79. The fraction of sp³-hybridized carbons (Fsp3) is 0.133. The van der Waals surface area contributed by atoms with Gasteiger partial charge in [0.2, 0.25) is 5.91 Å². The smallest absolute Gasteiger partial charge is 0.269 e. The monoisotopic (exact) mass is 286 g/mol. The summed E-state index contributed by atoms with van der Waals surface area (Å²) in [6, 6.07) is 10.8. The lowest BCUT2D eigenvalue weighted by Gasteiger charge is -2.07. The number of benzene rings is 2. The zero-order valence-electron chi connectivity index (χ0n) is 11.4. The lowest BCUT2D eigenvalue weighted by atomic mass is 10.1. The lowest BCUT2D eigenvalue weighted by Crippen LogP contribution is -2.14. The van der Waals surface area contributed by atoms with Crippen LogP contribution in [0.1, 0.15) is 11.1 Å². The molecule has 0 bridgehead atoms. The minimum absolute atomic E-state index is 0.0241. The summed E-state index contributed by atoms with van der Waals surface area (Å²) in [5.74, 6) is -0.207. The van der Waals surface area contributed by atoms with Crippen LogP contribution < -0.4 is 5.32 Å². The van der Waals surface area contributed by atoms with Crippen molar-refractivity contribution in [1.82, 2.24) is 0 Å². The van der Waals surface area contributed by atoms with Crippen molar-refractivity contribution in [1.29, 1.82) is 0 Å². The molecular formula is C15H14N2O4. The molecule has 0 saturated heterocycles. The Balaban J connectivity index is 2.06. The zero-order valence-corrected chi connectivity index (χ0v) is 11.4. The van der Waals surface area contributed by atoms with E-state index >= 15 is 0 Å². The number of carbonyl (C=O) groups is 1. The number of aryl methyl sites for hydroxylation is 1. The molecule has 0 aromatic heterocycles. The topological polar surface area (TPSA) is 92.5 Å². The van der Waals surface area contributed by atoms with Crippen molar-refractivity contribution in [2.45, 2.75) is 13.3 Å². The van der Waals surface area contributed by atoms with E-state index in [1.165, 1.54) is 18.2 Å². The third-order valence-electron chi connectivity index (χ3n) is 2.98. The first kappa shape index (κ1) is 14.5. The maximum Gasteiger partial charge on any atom is 0.269 e. The summed E-state index contributed by atoms with van der Waals surface area (Å²) in [5.41, 5.74) is 1.70. The van der Waals surface area contributed by atoms with Gasteiger partial charge in [-0.3, -0.25) is 14.9 Å². The molecule has 0 aliphatic heterocycles. The highest BCUT2D eigenvalue weighted by atomic mass is 16.6. The Morgan fingerprint density at radius 1 is 1.29 bits per heavy atom. The van der Waals surface area contributed by atoms with Gasteiger partial charge >= 0.3 is 0 Å². The molecule has 2 aromatic carbocycles. The van der Waals surface area contributed by atoms with Gasteiger partial charge in [-0.15, -0.1) is 0 Å². The second-order valence-electron chi connectivity index (χ2n) is 4.65. The van der Waals surface area contributed by atoms with Gasteiger partial charge in [-0.05, 0) is 24.1 Å². The average Bonchev–Trinajstić information content (AvgIpc) is 2.43. The number of amides is 1. The van der Waals surface area contributed by atoms with Crippen LogP contribution in [0.4, 0.5) is 11.4 Å². The number of rotatable bonds is 4. The molecular weight excluding hydrogens is 272 g/mol. The number of nitro groups is 1. The minimum atomic E-state index is -0.501. The van der Waals surface area contributed by atoms with Gasteiger partial charge in [0.25, 0.3) is 5.69 Å². The number of phenols is 1. The number of carbonyl (C=O) groups excluding carboxylic acids is 1. The van der Waals surface area contributed by atoms with Gasteiger partial charge in [0.1, 0.15) is 5.75 Å². The standard InChI is InChI=1S/C15H14N2O4/c1-10-5-6-12(9-14(10)18)16-15(19)8-11-3-2-4-13(7-11)17(20)21/h2-7,9,18H,8H2,1H3,(H,16,19). The molecule has 6 nitrogen and oxygen atoms in total. The molecule has 0 aliphatic rings. The molecule has 0 unspecified atom stereocenters. The molecule has 0 aliphatic carbocycles. The summed E-state index contributed by atoms with van der Waals surface area (Å²) >= 11 is 0. The summed E-state index contributed by atoms with van der Waals surface area (Å²) in [6.07, 6.45) is 0.0241. The Morgan fingerprint density at radius 3 is 2.71 bits per heavy atom. The van der Waals surface area contributed by atoms with Crippen LogP contribution in [0, 0.1) is 17.0 Å². The maximum atomic E-state index is 11.9. The number of aromatic hydroxyl groups is 1. The van der Waals surface area contributed by atoms with Gasteiger partial charge < -0.3 is 10.4 Å². The molecule has 2 rings (SSSR count). The minimum Gasteiger partial charge on any atom is -0.508 e. The largest absolute Gasteiger partial charge is 0.508 e. The van der Waals surface area contributed by atoms with Crippen LogP contribution in [0.15, 0.2) is 42.5 Å². The molecule has 0 saturated carbocycles. The highest BCUT2D eigenvalue weighted by Crippen LogP contribution is 2.21. The summed E-state index contributed by atoms with van der Waals surface area (Å²) in [4.78, 5) is 22.1. The molecule has 0 radical (unpaired) electrons. The van der Waals surface area contributed by atoms with Crippen molar-refractivity contribution in [3.63, 3.8) is 0 Å². The fourth-order valence-electron chi connectivity index (χ4n) is 1.86. The summed E-state index contributed by atoms with van der Waals surface area (Å²) in [6.45, 7) is 1.75. The second kappa shape index (κ2) is 6.04. The van der Waals surface area contributed by atoms with Gasteiger partial charge in [0, 0.05) is 23.9 Å². The lowest BCUT2D eigenvalue weighted by molar-refractivity contribution is -0.384. The fourth-order valence-corrected chi connectivity index (χ4v) is 1.86. The van der Waals surface area contributed by atoms with E-state index in [0.717, 1.165) is 0 Å². The Morgan fingerprint density at radius 2 is 2.05 bits per heavy atom. The normalized spacial score (nSPS) is 10.1. The molecule has 21 heavy (non-hydrogen) atoms. The molecule has 1 amide bonds. The van der Waals surface area contributed by atoms with E-state index in [1.807, 2.05) is 0 Å². The van der Waals surface area contributed by atoms with Gasteiger partial charge in [0.05, 0.1) is 11.3 Å². The van der Waals surface area contributed by atoms with E-state index in [1.54, 1.807) is 31.2 Å². The van der Waals surface area contributed by atoms with Gasteiger partial charge in [-0.2, -0.15) is 0 Å². The van der Waals surface area contributed by atoms with Crippen molar-refractivity contribution in [3.8, 4) is 5.75 Å². The summed E-state index contributed by atoms with van der Waals surface area (Å²) in [5, 5.41) is 22.9. The first-order valence-electron chi connectivity index (χ1n) is 6.28. The van der Waals surface area contributed by atoms with Crippen molar-refractivity contribution < 1.29 is 14.8 Å². The van der Waals surface area contributed by atoms with Crippen LogP contribution in [-0.4, -0.2) is 15.9 Å². The highest BCUT2D eigenvalue weighted by Gasteiger charge is 2.09. The molecule has 2 aromatic rings. The number of phenolic OH excluding ortho intramolecular Hbond substituents is 1. The molecule has 2 N–H and O–H groups in total. The SMILES string of the molecule is Cc1ccc(NC(=O)Cc2cccc([N+](=O)[O-])c2)cc1O. The van der Waals surface area contributed by atoms with E-state index < -0.39 is 4.92 Å². The van der Waals surface area contributed by atoms with Crippen LogP contribution in [0.25, 0.3) is 0 Å². The highest BCUT2D eigenvalue weighted by molar-refractivity contribution is 5.92. The van der Waals surface area contributed by atoms with Gasteiger partial charge in [-0.25, -0.2) is 0 Å². The Bertz CT molecular complexity index is 698. The Hall–Kier alpha value is -2.89. The van der Waals surface area contributed by atoms with Crippen molar-refractivity contribution in [2.75, 3.05) is 5.32 Å². The van der Waals surface area contributed by atoms with E-state index in [9.17, 15) is 20.0 Å². The van der Waals surface area contributed by atoms with Gasteiger partial charge in [0.15, 0.2) is 0 Å². The average molecular weight is 286 g/mol. The van der Waals surface area contributed by atoms with Crippen molar-refractivity contribution in [3.05, 3.63) is 63.7 Å². The first-order chi connectivity index (χ1) is 9.95. The number of hydrogen-bond donors (Lipinski definition) is 2. The Kier molecular flexibility index (Phi) is 4.18. The summed E-state index contributed by atoms with van der Waals surface area (Å²) in [7, 11) is 0. The van der Waals surface area contributed by atoms with Crippen LogP contribution in [0.3, 0.4) is 0 Å². The van der Waals surface area contributed by atoms with E-state index in [4.69, 9.17) is 0 Å². The number of anilines is 1. The molecule has 0 spiro atoms. The van der Waals surface area contributed by atoms with Crippen LogP contribution >= 0.6 is 0 Å². The van der Waals surface area contributed by atoms with Gasteiger partial charge in [-0.1, -0.05) is 18.2 Å². The predicted octanol–water partition coefficient (Wildman–Crippen LogP) is 2.79. The first-order valence-corrected chi connectivity index (χ1v) is 6.28.